The van der Waals surface area contributed by atoms with Gasteiger partial charge in [-0.25, -0.2) is 0 Å². The van der Waals surface area contributed by atoms with Crippen molar-refractivity contribution in [2.45, 2.75) is 32.4 Å². The van der Waals surface area contributed by atoms with E-state index in [1.165, 1.54) is 0 Å². The number of aromatic nitrogens is 3. The number of hydrogen-bond acceptors (Lipinski definition) is 4. The van der Waals surface area contributed by atoms with Crippen LogP contribution in [0.4, 0.5) is 0 Å². The minimum Gasteiger partial charge on any atom is -0.493 e. The zero-order valence-electron chi connectivity index (χ0n) is 12.3. The van der Waals surface area contributed by atoms with Crippen molar-refractivity contribution < 1.29 is 4.74 Å². The largest absolute Gasteiger partial charge is 0.493 e. The number of methoxy groups -OCH3 is 1. The van der Waals surface area contributed by atoms with Gasteiger partial charge in [-0.2, -0.15) is 5.10 Å². The molecule has 0 amide bonds. The van der Waals surface area contributed by atoms with E-state index in [0.29, 0.717) is 0 Å². The summed E-state index contributed by atoms with van der Waals surface area (Å²) in [5, 5.41) is 7.76. The van der Waals surface area contributed by atoms with E-state index >= 15 is 0 Å². The minimum atomic E-state index is 0.133. The summed E-state index contributed by atoms with van der Waals surface area (Å²) in [6.07, 6.45) is 5.46. The second-order valence-corrected chi connectivity index (χ2v) is 4.69. The van der Waals surface area contributed by atoms with Gasteiger partial charge in [-0.3, -0.25) is 9.67 Å². The molecule has 0 spiro atoms. The molecule has 0 aliphatic heterocycles. The number of rotatable bonds is 7. The van der Waals surface area contributed by atoms with Crippen molar-refractivity contribution >= 4 is 0 Å². The molecule has 0 radical (unpaired) electrons. The molecule has 0 aliphatic carbocycles. The van der Waals surface area contributed by atoms with Crippen LogP contribution in [0.3, 0.4) is 0 Å². The molecular formula is C15H22N4O. The van der Waals surface area contributed by atoms with Crippen LogP contribution in [0, 0.1) is 0 Å². The number of ether oxygens (including phenoxy) is 1. The molecule has 2 rings (SSSR count). The average Bonchev–Trinajstić information content (AvgIpc) is 2.89. The van der Waals surface area contributed by atoms with Gasteiger partial charge < -0.3 is 10.1 Å². The lowest BCUT2D eigenvalue weighted by Gasteiger charge is -2.19. The van der Waals surface area contributed by atoms with Gasteiger partial charge in [0.25, 0.3) is 0 Å². The molecule has 2 heterocycles. The van der Waals surface area contributed by atoms with Gasteiger partial charge in [0.1, 0.15) is 0 Å². The van der Waals surface area contributed by atoms with Crippen molar-refractivity contribution in [1.29, 1.82) is 0 Å². The first-order valence-electron chi connectivity index (χ1n) is 6.97. The van der Waals surface area contributed by atoms with Crippen molar-refractivity contribution in [3.63, 3.8) is 0 Å². The second-order valence-electron chi connectivity index (χ2n) is 4.69. The fourth-order valence-corrected chi connectivity index (χ4v) is 2.34. The molecule has 20 heavy (non-hydrogen) atoms. The normalized spacial score (nSPS) is 12.3. The summed E-state index contributed by atoms with van der Waals surface area (Å²) in [7, 11) is 3.64. The van der Waals surface area contributed by atoms with Gasteiger partial charge in [0.15, 0.2) is 5.75 Å². The van der Waals surface area contributed by atoms with Gasteiger partial charge in [-0.1, -0.05) is 13.0 Å². The van der Waals surface area contributed by atoms with Crippen molar-refractivity contribution in [2.24, 2.45) is 0 Å². The number of pyridine rings is 1. The summed E-state index contributed by atoms with van der Waals surface area (Å²) in [6, 6.07) is 6.11. The van der Waals surface area contributed by atoms with Crippen LogP contribution in [0.2, 0.25) is 0 Å². The fourth-order valence-electron chi connectivity index (χ4n) is 2.34. The Morgan fingerprint density at radius 2 is 2.25 bits per heavy atom. The minimum absolute atomic E-state index is 0.133. The fraction of sp³-hybridized carbons (Fsp3) is 0.467. The monoisotopic (exact) mass is 274 g/mol. The zero-order chi connectivity index (χ0) is 14.4. The predicted octanol–water partition coefficient (Wildman–Crippen LogP) is 2.20. The first kappa shape index (κ1) is 14.5. The van der Waals surface area contributed by atoms with Gasteiger partial charge in [0, 0.05) is 24.9 Å². The Morgan fingerprint density at radius 1 is 1.40 bits per heavy atom. The van der Waals surface area contributed by atoms with Crippen molar-refractivity contribution in [3.05, 3.63) is 42.0 Å². The van der Waals surface area contributed by atoms with Crippen LogP contribution >= 0.6 is 0 Å². The van der Waals surface area contributed by atoms with E-state index in [1.807, 2.05) is 36.1 Å². The Hall–Kier alpha value is -1.88. The predicted molar refractivity (Wildman–Crippen MR) is 78.8 cm³/mol. The van der Waals surface area contributed by atoms with Gasteiger partial charge in [-0.15, -0.1) is 0 Å². The Kier molecular flexibility index (Phi) is 5.12. The van der Waals surface area contributed by atoms with E-state index in [1.54, 1.807) is 13.3 Å². The summed E-state index contributed by atoms with van der Waals surface area (Å²) in [6.45, 7) is 3.03. The van der Waals surface area contributed by atoms with E-state index in [0.717, 1.165) is 36.5 Å². The molecule has 5 nitrogen and oxygen atoms in total. The van der Waals surface area contributed by atoms with Gasteiger partial charge >= 0.3 is 0 Å². The lowest BCUT2D eigenvalue weighted by molar-refractivity contribution is 0.393. The molecule has 2 aromatic rings. The first-order chi connectivity index (χ1) is 9.80. The van der Waals surface area contributed by atoms with Crippen LogP contribution in [0.5, 0.6) is 5.75 Å². The van der Waals surface area contributed by atoms with Crippen molar-refractivity contribution in [1.82, 2.24) is 20.1 Å². The van der Waals surface area contributed by atoms with Gasteiger partial charge in [-0.05, 0) is 25.6 Å². The summed E-state index contributed by atoms with van der Waals surface area (Å²) >= 11 is 0. The van der Waals surface area contributed by atoms with Crippen LogP contribution in [0.1, 0.15) is 30.8 Å². The number of nitrogens with one attached hydrogen (secondary N) is 1. The molecule has 0 fully saturated rings. The summed E-state index contributed by atoms with van der Waals surface area (Å²) in [5.74, 6) is 0.828. The maximum absolute atomic E-state index is 5.45. The van der Waals surface area contributed by atoms with E-state index in [4.69, 9.17) is 4.74 Å². The van der Waals surface area contributed by atoms with Crippen LogP contribution in [0.25, 0.3) is 0 Å². The number of hydrogen-bond donors (Lipinski definition) is 1. The molecule has 0 aromatic carbocycles. The van der Waals surface area contributed by atoms with Gasteiger partial charge in [0.05, 0.1) is 25.0 Å². The molecule has 0 bridgehead atoms. The quantitative estimate of drug-likeness (QED) is 0.841. The number of likely N-dealkylation sites (N-methyl/N-ethyl adjacent to an activating group) is 1. The molecule has 5 heteroatoms. The van der Waals surface area contributed by atoms with Crippen LogP contribution in [-0.2, 0) is 13.0 Å². The highest BCUT2D eigenvalue weighted by Gasteiger charge is 2.21. The first-order valence-corrected chi connectivity index (χ1v) is 6.97. The number of aryl methyl sites for hydroxylation is 1. The molecule has 1 atom stereocenters. The maximum Gasteiger partial charge on any atom is 0.161 e. The molecule has 1 unspecified atom stereocenters. The summed E-state index contributed by atoms with van der Waals surface area (Å²) in [5.41, 5.74) is 2.14. The Balaban J connectivity index is 2.28. The smallest absolute Gasteiger partial charge is 0.161 e. The zero-order valence-corrected chi connectivity index (χ0v) is 12.3. The third-order valence-corrected chi connectivity index (χ3v) is 3.32. The Labute approximate surface area is 120 Å². The third-order valence-electron chi connectivity index (χ3n) is 3.32. The highest BCUT2D eigenvalue weighted by molar-refractivity contribution is 5.29. The molecule has 0 saturated carbocycles. The second kappa shape index (κ2) is 7.05. The maximum atomic E-state index is 5.45. The average molecular weight is 274 g/mol. The van der Waals surface area contributed by atoms with E-state index < -0.39 is 0 Å². The van der Waals surface area contributed by atoms with Crippen molar-refractivity contribution in [2.75, 3.05) is 14.2 Å². The molecule has 1 N–H and O–H groups in total. The highest BCUT2D eigenvalue weighted by atomic mass is 16.5. The molecular weight excluding hydrogens is 252 g/mol. The van der Waals surface area contributed by atoms with Gasteiger partial charge in [0.2, 0.25) is 0 Å². The lowest BCUT2D eigenvalue weighted by Crippen LogP contribution is -2.23. The van der Waals surface area contributed by atoms with E-state index in [2.05, 4.69) is 22.3 Å². The summed E-state index contributed by atoms with van der Waals surface area (Å²) in [4.78, 5) is 4.40. The van der Waals surface area contributed by atoms with Crippen LogP contribution < -0.4 is 10.1 Å². The summed E-state index contributed by atoms with van der Waals surface area (Å²) < 4.78 is 7.47. The Morgan fingerprint density at radius 3 is 2.85 bits per heavy atom. The highest BCUT2D eigenvalue weighted by Crippen LogP contribution is 2.27. The molecule has 108 valence electrons. The van der Waals surface area contributed by atoms with Crippen LogP contribution in [0.15, 0.2) is 30.6 Å². The van der Waals surface area contributed by atoms with E-state index in [-0.39, 0.29) is 6.04 Å². The Bertz CT molecular complexity index is 524. The molecule has 0 saturated heterocycles. The molecule has 2 aromatic heterocycles. The van der Waals surface area contributed by atoms with E-state index in [9.17, 15) is 0 Å². The number of nitrogens with zero attached hydrogens (tertiary/aromatic N) is 3. The standard InChI is InChI=1S/C15H22N4O/c1-4-9-19-15(14(20-3)11-18-19)13(16-2)10-12-7-5-6-8-17-12/h5-8,11,13,16H,4,9-10H2,1-3H3. The molecule has 0 aliphatic rings. The lowest BCUT2D eigenvalue weighted by atomic mass is 10.1. The van der Waals surface area contributed by atoms with Crippen molar-refractivity contribution in [3.8, 4) is 5.75 Å². The van der Waals surface area contributed by atoms with Crippen LogP contribution in [-0.4, -0.2) is 28.9 Å². The topological polar surface area (TPSA) is 52.0 Å². The third kappa shape index (κ3) is 3.17. The SMILES string of the molecule is CCCn1ncc(OC)c1C(Cc1ccccn1)NC.